The van der Waals surface area contributed by atoms with Crippen LogP contribution in [0.5, 0.6) is 0 Å². The lowest BCUT2D eigenvalue weighted by Gasteiger charge is -2.34. The highest BCUT2D eigenvalue weighted by Gasteiger charge is 2.39. The maximum absolute atomic E-state index is 12.9. The van der Waals surface area contributed by atoms with Gasteiger partial charge in [-0.25, -0.2) is 0 Å². The van der Waals surface area contributed by atoms with Crippen LogP contribution in [0.15, 0.2) is 91.0 Å². The fourth-order valence-electron chi connectivity index (χ4n) is 3.24. The molecule has 3 nitrogen and oxygen atoms in total. The van der Waals surface area contributed by atoms with Gasteiger partial charge >= 0.3 is 0 Å². The Balaban J connectivity index is 2.05. The lowest BCUT2D eigenvalue weighted by molar-refractivity contribution is 0.151. The van der Waals surface area contributed by atoms with Crippen molar-refractivity contribution in [3.63, 3.8) is 0 Å². The molecule has 1 N–H and O–H groups in total. The Labute approximate surface area is 171 Å². The number of amides is 1. The monoisotopic (exact) mass is 391 g/mol. The second kappa shape index (κ2) is 10.1. The number of carbonyl (C=O) groups excluding carboxylic acids is 1. The van der Waals surface area contributed by atoms with Crippen LogP contribution in [0.4, 0.5) is 4.79 Å². The number of nitrogens with one attached hydrogen (secondary N) is 1. The predicted molar refractivity (Wildman–Crippen MR) is 117 cm³/mol. The molecule has 0 radical (unpaired) electrons. The minimum atomic E-state index is -0.639. The third-order valence-electron chi connectivity index (χ3n) is 4.51. The Morgan fingerprint density at radius 1 is 0.821 bits per heavy atom. The summed E-state index contributed by atoms with van der Waals surface area (Å²) in [4.78, 5) is 12.9. The van der Waals surface area contributed by atoms with Gasteiger partial charge in [0.15, 0.2) is 0 Å². The van der Waals surface area contributed by atoms with E-state index in [1.54, 1.807) is 0 Å². The molecule has 0 unspecified atom stereocenters. The van der Waals surface area contributed by atoms with Crippen molar-refractivity contribution in [2.24, 2.45) is 0 Å². The smallest absolute Gasteiger partial charge is 0.280 e. The summed E-state index contributed by atoms with van der Waals surface area (Å²) >= 11 is 1.30. The molecule has 3 aromatic carbocycles. The second-order valence-corrected chi connectivity index (χ2v) is 7.48. The van der Waals surface area contributed by atoms with Crippen molar-refractivity contribution in [1.82, 2.24) is 5.32 Å². The lowest BCUT2D eigenvalue weighted by atomic mass is 9.84. The predicted octanol–water partition coefficient (Wildman–Crippen LogP) is 5.46. The van der Waals surface area contributed by atoms with Gasteiger partial charge in [-0.3, -0.25) is 4.79 Å². The molecule has 0 aliphatic rings. The Morgan fingerprint density at radius 2 is 1.25 bits per heavy atom. The normalized spacial score (nSPS) is 11.2. The zero-order chi connectivity index (χ0) is 19.7. The molecule has 4 heteroatoms. The highest BCUT2D eigenvalue weighted by Crippen LogP contribution is 2.48. The maximum Gasteiger partial charge on any atom is 0.280 e. The quantitative estimate of drug-likeness (QED) is 0.409. The van der Waals surface area contributed by atoms with Gasteiger partial charge in [0.05, 0.1) is 6.61 Å². The first kappa shape index (κ1) is 20.2. The first-order valence-corrected chi connectivity index (χ1v) is 10.3. The first-order valence-electron chi connectivity index (χ1n) is 9.48. The molecule has 28 heavy (non-hydrogen) atoms. The van der Waals surface area contributed by atoms with Crippen LogP contribution < -0.4 is 5.32 Å². The number of rotatable bonds is 8. The van der Waals surface area contributed by atoms with E-state index in [0.717, 1.165) is 16.7 Å². The van der Waals surface area contributed by atoms with Gasteiger partial charge in [-0.05, 0) is 35.4 Å². The van der Waals surface area contributed by atoms with Crippen LogP contribution in [0.3, 0.4) is 0 Å². The summed E-state index contributed by atoms with van der Waals surface area (Å²) in [6.45, 7) is 3.60. The number of hydrogen-bond acceptors (Lipinski definition) is 3. The minimum absolute atomic E-state index is 0.0729. The molecule has 144 valence electrons. The van der Waals surface area contributed by atoms with Crippen LogP contribution in [0, 0.1) is 0 Å². The number of thioether (sulfide) groups is 1. The van der Waals surface area contributed by atoms with E-state index in [4.69, 9.17) is 4.74 Å². The maximum atomic E-state index is 12.9. The highest BCUT2D eigenvalue weighted by molar-refractivity contribution is 8.14. The highest BCUT2D eigenvalue weighted by atomic mass is 32.2. The van der Waals surface area contributed by atoms with Crippen LogP contribution in [0.2, 0.25) is 0 Å². The summed E-state index contributed by atoms with van der Waals surface area (Å²) in [5.74, 6) is 0. The van der Waals surface area contributed by atoms with Crippen molar-refractivity contribution in [2.75, 3.05) is 19.8 Å². The van der Waals surface area contributed by atoms with Crippen molar-refractivity contribution >= 4 is 17.0 Å². The summed E-state index contributed by atoms with van der Waals surface area (Å²) in [6, 6.07) is 30.6. The van der Waals surface area contributed by atoms with Gasteiger partial charge in [0.25, 0.3) is 5.24 Å². The Bertz CT molecular complexity index is 757. The fourth-order valence-corrected chi connectivity index (χ4v) is 4.45. The molecule has 3 rings (SSSR count). The zero-order valence-corrected chi connectivity index (χ0v) is 16.8. The molecule has 0 aromatic heterocycles. The number of benzene rings is 3. The van der Waals surface area contributed by atoms with Gasteiger partial charge in [-0.1, -0.05) is 91.0 Å². The Hall–Kier alpha value is -2.56. The molecular weight excluding hydrogens is 366 g/mol. The summed E-state index contributed by atoms with van der Waals surface area (Å²) in [5.41, 5.74) is 3.20. The van der Waals surface area contributed by atoms with Crippen molar-refractivity contribution in [3.8, 4) is 0 Å². The third-order valence-corrected chi connectivity index (χ3v) is 5.85. The molecule has 0 fully saturated rings. The van der Waals surface area contributed by atoms with E-state index in [9.17, 15) is 4.79 Å². The second-order valence-electron chi connectivity index (χ2n) is 6.29. The van der Waals surface area contributed by atoms with Crippen LogP contribution >= 0.6 is 11.8 Å². The molecule has 1 amide bonds. The van der Waals surface area contributed by atoms with Gasteiger partial charge in [-0.15, -0.1) is 0 Å². The van der Waals surface area contributed by atoms with Gasteiger partial charge in [0.2, 0.25) is 0 Å². The SMILES string of the molecule is CCOCCNC(=O)SC(c1ccccc1)(c1ccccc1)c1ccccc1. The van der Waals surface area contributed by atoms with Crippen molar-refractivity contribution in [2.45, 2.75) is 11.7 Å². The van der Waals surface area contributed by atoms with Gasteiger partial charge in [-0.2, -0.15) is 0 Å². The van der Waals surface area contributed by atoms with E-state index in [0.29, 0.717) is 19.8 Å². The van der Waals surface area contributed by atoms with Gasteiger partial charge < -0.3 is 10.1 Å². The topological polar surface area (TPSA) is 38.3 Å². The van der Waals surface area contributed by atoms with Gasteiger partial charge in [0, 0.05) is 13.2 Å². The standard InChI is InChI=1S/C24H25NO2S/c1-2-27-19-18-25-23(26)28-24(20-12-6-3-7-13-20,21-14-8-4-9-15-21)22-16-10-5-11-17-22/h3-17H,2,18-19H2,1H3,(H,25,26). The van der Waals surface area contributed by atoms with E-state index in [2.05, 4.69) is 41.7 Å². The molecule has 3 aromatic rings. The van der Waals surface area contributed by atoms with E-state index in [1.807, 2.05) is 61.5 Å². The van der Waals surface area contributed by atoms with Crippen LogP contribution in [0.1, 0.15) is 23.6 Å². The van der Waals surface area contributed by atoms with Crippen LogP contribution in [-0.4, -0.2) is 25.0 Å². The van der Waals surface area contributed by atoms with Crippen molar-refractivity contribution in [3.05, 3.63) is 108 Å². The Kier molecular flexibility index (Phi) is 7.29. The molecule has 0 saturated carbocycles. The Morgan fingerprint density at radius 3 is 1.64 bits per heavy atom. The van der Waals surface area contributed by atoms with E-state index in [1.165, 1.54) is 11.8 Å². The zero-order valence-electron chi connectivity index (χ0n) is 16.0. The number of hydrogen-bond donors (Lipinski definition) is 1. The molecule has 0 spiro atoms. The summed E-state index contributed by atoms with van der Waals surface area (Å²) in [7, 11) is 0. The van der Waals surface area contributed by atoms with Crippen LogP contribution in [-0.2, 0) is 9.48 Å². The average molecular weight is 392 g/mol. The summed E-state index contributed by atoms with van der Waals surface area (Å²) in [6.07, 6.45) is 0. The molecule has 0 heterocycles. The number of carbonyl (C=O) groups is 1. The molecule has 0 atom stereocenters. The average Bonchev–Trinajstić information content (AvgIpc) is 2.77. The van der Waals surface area contributed by atoms with Crippen molar-refractivity contribution < 1.29 is 9.53 Å². The molecule has 0 bridgehead atoms. The van der Waals surface area contributed by atoms with E-state index >= 15 is 0 Å². The number of ether oxygens (including phenoxy) is 1. The molecule has 0 aliphatic carbocycles. The largest absolute Gasteiger partial charge is 0.380 e. The first-order chi connectivity index (χ1) is 13.8. The van der Waals surface area contributed by atoms with Crippen LogP contribution in [0.25, 0.3) is 0 Å². The van der Waals surface area contributed by atoms with E-state index < -0.39 is 4.75 Å². The van der Waals surface area contributed by atoms with Crippen molar-refractivity contribution in [1.29, 1.82) is 0 Å². The fraction of sp³-hybridized carbons (Fsp3) is 0.208. The molecular formula is C24H25NO2S. The minimum Gasteiger partial charge on any atom is -0.380 e. The third kappa shape index (κ3) is 4.64. The van der Waals surface area contributed by atoms with E-state index in [-0.39, 0.29) is 5.24 Å². The summed E-state index contributed by atoms with van der Waals surface area (Å²) in [5, 5.41) is 2.91. The summed E-state index contributed by atoms with van der Waals surface area (Å²) < 4.78 is 4.70. The molecule has 0 saturated heterocycles. The lowest BCUT2D eigenvalue weighted by Crippen LogP contribution is -2.32. The molecule has 0 aliphatic heterocycles. The van der Waals surface area contributed by atoms with Gasteiger partial charge in [0.1, 0.15) is 4.75 Å².